The van der Waals surface area contributed by atoms with Gasteiger partial charge in [-0.25, -0.2) is 0 Å². The van der Waals surface area contributed by atoms with Gasteiger partial charge in [0.15, 0.2) is 0 Å². The maximum absolute atomic E-state index is 3.49. The topological polar surface area (TPSA) is 0 Å². The highest BCUT2D eigenvalue weighted by atomic mass is 79.9. The Hall–Kier alpha value is -0.300. The van der Waals surface area contributed by atoms with E-state index >= 15 is 0 Å². The van der Waals surface area contributed by atoms with Crippen molar-refractivity contribution in [1.82, 2.24) is 0 Å². The molecule has 0 nitrogen and oxygen atoms in total. The molecule has 0 N–H and O–H groups in total. The molecular weight excluding hydrogens is 236 g/mol. The molecule has 0 unspecified atom stereocenters. The minimum atomic E-state index is 1.10. The summed E-state index contributed by atoms with van der Waals surface area (Å²) >= 11 is 3.49. The lowest BCUT2D eigenvalue weighted by Gasteiger charge is -2.14. The van der Waals surface area contributed by atoms with Gasteiger partial charge in [0, 0.05) is 5.33 Å². The van der Waals surface area contributed by atoms with Crippen molar-refractivity contribution in [3.05, 3.63) is 33.9 Å². The van der Waals surface area contributed by atoms with Gasteiger partial charge in [-0.2, -0.15) is 0 Å². The zero-order valence-electron chi connectivity index (χ0n) is 9.58. The van der Waals surface area contributed by atoms with Gasteiger partial charge in [0.1, 0.15) is 0 Å². The summed E-state index contributed by atoms with van der Waals surface area (Å²) in [7, 11) is 0. The summed E-state index contributed by atoms with van der Waals surface area (Å²) in [4.78, 5) is 0. The van der Waals surface area contributed by atoms with Gasteiger partial charge >= 0.3 is 0 Å². The van der Waals surface area contributed by atoms with Crippen molar-refractivity contribution >= 4 is 15.9 Å². The summed E-state index contributed by atoms with van der Waals surface area (Å²) in [5.74, 6) is 0. The van der Waals surface area contributed by atoms with E-state index in [9.17, 15) is 0 Å². The van der Waals surface area contributed by atoms with Crippen LogP contribution in [0.1, 0.15) is 34.2 Å². The van der Waals surface area contributed by atoms with E-state index in [1.807, 2.05) is 0 Å². The Morgan fingerprint density at radius 1 is 1.00 bits per heavy atom. The van der Waals surface area contributed by atoms with E-state index in [1.165, 1.54) is 35.1 Å². The number of aryl methyl sites for hydroxylation is 2. The van der Waals surface area contributed by atoms with Crippen LogP contribution >= 0.6 is 15.9 Å². The van der Waals surface area contributed by atoms with Gasteiger partial charge in [0.2, 0.25) is 0 Å². The molecule has 0 heterocycles. The number of alkyl halides is 1. The van der Waals surface area contributed by atoms with Crippen LogP contribution in [0.2, 0.25) is 0 Å². The molecule has 0 amide bonds. The molecule has 0 saturated carbocycles. The number of halogens is 1. The number of benzene rings is 1. The van der Waals surface area contributed by atoms with E-state index in [2.05, 4.69) is 49.7 Å². The summed E-state index contributed by atoms with van der Waals surface area (Å²) in [5, 5.41) is 1.10. The fourth-order valence-electron chi connectivity index (χ4n) is 1.92. The van der Waals surface area contributed by atoms with E-state index in [0.29, 0.717) is 0 Å². The Kier molecular flexibility index (Phi) is 4.18. The molecule has 0 fully saturated rings. The molecule has 0 aliphatic heterocycles. The van der Waals surface area contributed by atoms with E-state index < -0.39 is 0 Å². The molecule has 1 aromatic rings. The van der Waals surface area contributed by atoms with Crippen LogP contribution in [0.5, 0.6) is 0 Å². The zero-order chi connectivity index (χ0) is 10.7. The van der Waals surface area contributed by atoms with Gasteiger partial charge in [-0.15, -0.1) is 0 Å². The Bertz CT molecular complexity index is 300. The summed E-state index contributed by atoms with van der Waals surface area (Å²) in [6.45, 7) is 8.90. The molecule has 14 heavy (non-hydrogen) atoms. The second-order valence-corrected chi connectivity index (χ2v) is 4.82. The Morgan fingerprint density at radius 2 is 1.50 bits per heavy atom. The van der Waals surface area contributed by atoms with E-state index in [0.717, 1.165) is 5.33 Å². The molecule has 0 spiro atoms. The lowest BCUT2D eigenvalue weighted by Crippen LogP contribution is -1.99. The molecule has 0 atom stereocenters. The first kappa shape index (κ1) is 11.8. The van der Waals surface area contributed by atoms with Crippen LogP contribution in [0.3, 0.4) is 0 Å². The van der Waals surface area contributed by atoms with Crippen molar-refractivity contribution in [3.63, 3.8) is 0 Å². The number of rotatable bonds is 3. The molecule has 0 aromatic heterocycles. The van der Waals surface area contributed by atoms with Gasteiger partial charge in [-0.1, -0.05) is 22.0 Å². The standard InChI is InChI=1S/C13H19Br/c1-9-8-10(2)12(4)13(11(9)3)6-5-7-14/h8H,5-7H2,1-4H3. The average Bonchev–Trinajstić information content (AvgIpc) is 2.15. The van der Waals surface area contributed by atoms with Crippen LogP contribution in [0.25, 0.3) is 0 Å². The molecule has 0 radical (unpaired) electrons. The van der Waals surface area contributed by atoms with E-state index in [1.54, 1.807) is 5.56 Å². The maximum atomic E-state index is 3.49. The highest BCUT2D eigenvalue weighted by molar-refractivity contribution is 9.09. The fraction of sp³-hybridized carbons (Fsp3) is 0.538. The molecule has 1 aromatic carbocycles. The van der Waals surface area contributed by atoms with Gasteiger partial charge in [0.25, 0.3) is 0 Å². The third-order valence-electron chi connectivity index (χ3n) is 3.08. The van der Waals surface area contributed by atoms with Crippen LogP contribution < -0.4 is 0 Å². The van der Waals surface area contributed by atoms with Crippen molar-refractivity contribution in [3.8, 4) is 0 Å². The number of hydrogen-bond donors (Lipinski definition) is 0. The predicted octanol–water partition coefficient (Wildman–Crippen LogP) is 4.25. The molecule has 1 heteroatoms. The molecule has 0 aliphatic carbocycles. The van der Waals surface area contributed by atoms with Crippen molar-refractivity contribution in [1.29, 1.82) is 0 Å². The summed E-state index contributed by atoms with van der Waals surface area (Å²) in [6, 6.07) is 2.29. The summed E-state index contributed by atoms with van der Waals surface area (Å²) in [5.41, 5.74) is 7.38. The second kappa shape index (κ2) is 4.97. The van der Waals surface area contributed by atoms with Crippen molar-refractivity contribution < 1.29 is 0 Å². The summed E-state index contributed by atoms with van der Waals surface area (Å²) in [6.07, 6.45) is 2.43. The molecule has 0 saturated heterocycles. The van der Waals surface area contributed by atoms with Crippen LogP contribution in [0.4, 0.5) is 0 Å². The second-order valence-electron chi connectivity index (χ2n) is 4.03. The van der Waals surface area contributed by atoms with Gasteiger partial charge in [0.05, 0.1) is 0 Å². The maximum Gasteiger partial charge on any atom is 0.00344 e. The molecule has 0 aliphatic rings. The van der Waals surface area contributed by atoms with Crippen molar-refractivity contribution in [2.75, 3.05) is 5.33 Å². The van der Waals surface area contributed by atoms with Crippen molar-refractivity contribution in [2.45, 2.75) is 40.5 Å². The SMILES string of the molecule is Cc1cc(C)c(C)c(CCCBr)c1C. The minimum Gasteiger partial charge on any atom is -0.0928 e. The van der Waals surface area contributed by atoms with Gasteiger partial charge in [-0.3, -0.25) is 0 Å². The molecular formula is C13H19Br. The van der Waals surface area contributed by atoms with Gasteiger partial charge < -0.3 is 0 Å². The Labute approximate surface area is 95.9 Å². The van der Waals surface area contributed by atoms with Crippen molar-refractivity contribution in [2.24, 2.45) is 0 Å². The number of hydrogen-bond acceptors (Lipinski definition) is 0. The lowest BCUT2D eigenvalue weighted by molar-refractivity contribution is 0.911. The van der Waals surface area contributed by atoms with Crippen LogP contribution in [-0.2, 0) is 6.42 Å². The van der Waals surface area contributed by atoms with Crippen LogP contribution in [0, 0.1) is 27.7 Å². The minimum absolute atomic E-state index is 1.10. The average molecular weight is 255 g/mol. The largest absolute Gasteiger partial charge is 0.0928 e. The predicted molar refractivity (Wildman–Crippen MR) is 67.5 cm³/mol. The van der Waals surface area contributed by atoms with Crippen LogP contribution in [0.15, 0.2) is 6.07 Å². The fourth-order valence-corrected chi connectivity index (χ4v) is 2.20. The Morgan fingerprint density at radius 3 is 1.93 bits per heavy atom. The molecule has 0 bridgehead atoms. The van der Waals surface area contributed by atoms with E-state index in [-0.39, 0.29) is 0 Å². The normalized spacial score (nSPS) is 10.6. The smallest absolute Gasteiger partial charge is 0.00344 e. The third kappa shape index (κ3) is 2.38. The monoisotopic (exact) mass is 254 g/mol. The highest BCUT2D eigenvalue weighted by Crippen LogP contribution is 2.22. The first-order chi connectivity index (χ1) is 6.57. The molecule has 78 valence electrons. The first-order valence-corrected chi connectivity index (χ1v) is 6.32. The first-order valence-electron chi connectivity index (χ1n) is 5.20. The Balaban J connectivity index is 3.11. The highest BCUT2D eigenvalue weighted by Gasteiger charge is 2.07. The third-order valence-corrected chi connectivity index (χ3v) is 3.64. The zero-order valence-corrected chi connectivity index (χ0v) is 11.2. The summed E-state index contributed by atoms with van der Waals surface area (Å²) < 4.78 is 0. The van der Waals surface area contributed by atoms with E-state index in [4.69, 9.17) is 0 Å². The van der Waals surface area contributed by atoms with Gasteiger partial charge in [-0.05, 0) is 68.4 Å². The lowest BCUT2D eigenvalue weighted by atomic mass is 9.92. The molecule has 1 rings (SSSR count). The quantitative estimate of drug-likeness (QED) is 0.708. The van der Waals surface area contributed by atoms with Crippen LogP contribution in [-0.4, -0.2) is 5.33 Å².